The van der Waals surface area contributed by atoms with Crippen molar-refractivity contribution in [2.45, 2.75) is 32.7 Å². The number of nitrogens with zero attached hydrogens (tertiary/aromatic N) is 2. The molecule has 0 saturated carbocycles. The van der Waals surface area contributed by atoms with E-state index in [0.717, 1.165) is 28.4 Å². The van der Waals surface area contributed by atoms with Gasteiger partial charge in [-0.2, -0.15) is 0 Å². The smallest absolute Gasteiger partial charge is 0.116 e. The van der Waals surface area contributed by atoms with Crippen molar-refractivity contribution in [3.05, 3.63) is 29.0 Å². The number of aryl methyl sites for hydroxylation is 1. The normalized spacial score (nSPS) is 12.3. The van der Waals surface area contributed by atoms with Crippen molar-refractivity contribution in [3.63, 3.8) is 0 Å². The van der Waals surface area contributed by atoms with Gasteiger partial charge in [0.05, 0.1) is 11.0 Å². The van der Waals surface area contributed by atoms with E-state index in [1.165, 1.54) is 0 Å². The van der Waals surface area contributed by atoms with Crippen molar-refractivity contribution in [2.24, 2.45) is 5.73 Å². The summed E-state index contributed by atoms with van der Waals surface area (Å²) in [5, 5.41) is 0.718. The molecule has 0 amide bonds. The second kappa shape index (κ2) is 4.31. The fraction of sp³-hybridized carbons (Fsp3) is 0.462. The van der Waals surface area contributed by atoms with Crippen molar-refractivity contribution in [3.8, 4) is 0 Å². The number of nitrogens with two attached hydrogens (primary N) is 1. The van der Waals surface area contributed by atoms with E-state index >= 15 is 0 Å². The van der Waals surface area contributed by atoms with Gasteiger partial charge in [0.1, 0.15) is 5.82 Å². The van der Waals surface area contributed by atoms with Gasteiger partial charge in [0.2, 0.25) is 0 Å². The molecule has 0 saturated heterocycles. The van der Waals surface area contributed by atoms with Gasteiger partial charge in [-0.3, -0.25) is 0 Å². The fourth-order valence-corrected chi connectivity index (χ4v) is 2.20. The number of rotatable bonds is 3. The first-order valence-electron chi connectivity index (χ1n) is 5.86. The summed E-state index contributed by atoms with van der Waals surface area (Å²) in [4.78, 5) is 4.69. The minimum Gasteiger partial charge on any atom is -0.329 e. The van der Waals surface area contributed by atoms with Crippen LogP contribution in [-0.2, 0) is 12.0 Å². The van der Waals surface area contributed by atoms with E-state index in [-0.39, 0.29) is 5.41 Å². The maximum absolute atomic E-state index is 6.00. The number of fused-ring (bicyclic) bond motifs is 1. The van der Waals surface area contributed by atoms with Gasteiger partial charge >= 0.3 is 0 Å². The van der Waals surface area contributed by atoms with Crippen LogP contribution in [0.2, 0.25) is 5.02 Å². The zero-order chi connectivity index (χ0) is 12.6. The van der Waals surface area contributed by atoms with Crippen molar-refractivity contribution in [2.75, 3.05) is 6.54 Å². The van der Waals surface area contributed by atoms with Crippen molar-refractivity contribution in [1.82, 2.24) is 9.55 Å². The van der Waals surface area contributed by atoms with Gasteiger partial charge in [-0.25, -0.2) is 4.98 Å². The third-order valence-corrected chi connectivity index (χ3v) is 3.38. The molecule has 1 aromatic heterocycles. The summed E-state index contributed by atoms with van der Waals surface area (Å²) in [5.74, 6) is 1.03. The van der Waals surface area contributed by atoms with E-state index < -0.39 is 0 Å². The van der Waals surface area contributed by atoms with Crippen LogP contribution in [0.25, 0.3) is 11.0 Å². The summed E-state index contributed by atoms with van der Waals surface area (Å²) >= 11 is 6.00. The first-order chi connectivity index (χ1) is 7.99. The zero-order valence-corrected chi connectivity index (χ0v) is 11.3. The van der Waals surface area contributed by atoms with E-state index in [1.807, 2.05) is 18.2 Å². The molecule has 3 nitrogen and oxygen atoms in total. The molecular formula is C13H18ClN3. The second-order valence-corrected chi connectivity index (χ2v) is 5.34. The van der Waals surface area contributed by atoms with Gasteiger partial charge in [-0.05, 0) is 25.1 Å². The van der Waals surface area contributed by atoms with E-state index in [1.54, 1.807) is 0 Å². The molecule has 0 fully saturated rings. The van der Waals surface area contributed by atoms with Gasteiger partial charge in [0.25, 0.3) is 0 Å². The Hall–Kier alpha value is -1.06. The quantitative estimate of drug-likeness (QED) is 0.912. The first kappa shape index (κ1) is 12.4. The number of benzene rings is 1. The predicted molar refractivity (Wildman–Crippen MR) is 72.5 cm³/mol. The number of hydrogen-bond donors (Lipinski definition) is 1. The molecule has 2 N–H and O–H groups in total. The third kappa shape index (κ3) is 2.05. The molecule has 2 rings (SSSR count). The van der Waals surface area contributed by atoms with Crippen LogP contribution in [0.3, 0.4) is 0 Å². The van der Waals surface area contributed by atoms with E-state index in [9.17, 15) is 0 Å². The fourth-order valence-electron chi connectivity index (χ4n) is 2.03. The molecule has 17 heavy (non-hydrogen) atoms. The number of aromatic nitrogens is 2. The Morgan fingerprint density at radius 3 is 2.71 bits per heavy atom. The molecule has 0 unspecified atom stereocenters. The molecule has 92 valence electrons. The van der Waals surface area contributed by atoms with Gasteiger partial charge in [-0.15, -0.1) is 0 Å². The maximum Gasteiger partial charge on any atom is 0.116 e. The van der Waals surface area contributed by atoms with E-state index in [4.69, 9.17) is 17.3 Å². The maximum atomic E-state index is 6.00. The van der Waals surface area contributed by atoms with Crippen LogP contribution in [0.5, 0.6) is 0 Å². The summed E-state index contributed by atoms with van der Waals surface area (Å²) in [7, 11) is 0. The largest absolute Gasteiger partial charge is 0.329 e. The Morgan fingerprint density at radius 1 is 1.41 bits per heavy atom. The topological polar surface area (TPSA) is 43.8 Å². The lowest BCUT2D eigenvalue weighted by Gasteiger charge is -2.22. The molecule has 0 radical (unpaired) electrons. The van der Waals surface area contributed by atoms with Crippen LogP contribution in [0.4, 0.5) is 0 Å². The molecule has 0 aliphatic carbocycles. The molecule has 0 aliphatic heterocycles. The molecule has 1 heterocycles. The van der Waals surface area contributed by atoms with Gasteiger partial charge < -0.3 is 10.3 Å². The number of imidazole rings is 1. The van der Waals surface area contributed by atoms with Crippen molar-refractivity contribution in [1.29, 1.82) is 0 Å². The number of halogens is 1. The van der Waals surface area contributed by atoms with E-state index in [0.29, 0.717) is 6.54 Å². The van der Waals surface area contributed by atoms with Crippen LogP contribution in [0, 0.1) is 0 Å². The Kier molecular flexibility index (Phi) is 3.15. The molecule has 0 bridgehead atoms. The molecule has 1 aromatic carbocycles. The summed E-state index contributed by atoms with van der Waals surface area (Å²) < 4.78 is 2.21. The van der Waals surface area contributed by atoms with Gasteiger partial charge in [0.15, 0.2) is 0 Å². The average Bonchev–Trinajstić information content (AvgIpc) is 2.67. The lowest BCUT2D eigenvalue weighted by atomic mass is 9.92. The van der Waals surface area contributed by atoms with Gasteiger partial charge in [-0.1, -0.05) is 25.4 Å². The Balaban J connectivity index is 2.72. The lowest BCUT2D eigenvalue weighted by Crippen LogP contribution is -2.31. The zero-order valence-electron chi connectivity index (χ0n) is 10.5. The Morgan fingerprint density at radius 2 is 2.12 bits per heavy atom. The SMILES string of the molecule is CCn1c(C(C)(C)CN)nc2cc(Cl)ccc21. The lowest BCUT2D eigenvalue weighted by molar-refractivity contribution is 0.477. The summed E-state index contributed by atoms with van der Waals surface area (Å²) in [6.45, 7) is 7.80. The Labute approximate surface area is 107 Å². The predicted octanol–water partition coefficient (Wildman–Crippen LogP) is 2.95. The second-order valence-electron chi connectivity index (χ2n) is 4.90. The summed E-state index contributed by atoms with van der Waals surface area (Å²) in [6, 6.07) is 5.82. The molecule has 4 heteroatoms. The number of hydrogen-bond acceptors (Lipinski definition) is 2. The highest BCUT2D eigenvalue weighted by Gasteiger charge is 2.25. The van der Waals surface area contributed by atoms with E-state index in [2.05, 4.69) is 30.3 Å². The van der Waals surface area contributed by atoms with Crippen LogP contribution in [-0.4, -0.2) is 16.1 Å². The monoisotopic (exact) mass is 251 g/mol. The van der Waals surface area contributed by atoms with Gasteiger partial charge in [0, 0.05) is 23.5 Å². The molecule has 0 atom stereocenters. The van der Waals surface area contributed by atoms with Crippen LogP contribution < -0.4 is 5.73 Å². The minimum absolute atomic E-state index is 0.124. The van der Waals surface area contributed by atoms with Crippen molar-refractivity contribution >= 4 is 22.6 Å². The molecular weight excluding hydrogens is 234 g/mol. The molecule has 2 aromatic rings. The van der Waals surface area contributed by atoms with Crippen molar-refractivity contribution < 1.29 is 0 Å². The summed E-state index contributed by atoms with van der Waals surface area (Å²) in [5.41, 5.74) is 7.77. The standard InChI is InChI=1S/C13H18ClN3/c1-4-17-11-6-5-9(14)7-10(11)16-12(17)13(2,3)8-15/h5-7H,4,8,15H2,1-3H3. The highest BCUT2D eigenvalue weighted by molar-refractivity contribution is 6.31. The van der Waals surface area contributed by atoms with Crippen LogP contribution in [0.1, 0.15) is 26.6 Å². The minimum atomic E-state index is -0.124. The Bertz CT molecular complexity index is 543. The highest BCUT2D eigenvalue weighted by Crippen LogP contribution is 2.27. The first-order valence-corrected chi connectivity index (χ1v) is 6.23. The summed E-state index contributed by atoms with van der Waals surface area (Å²) in [6.07, 6.45) is 0. The average molecular weight is 252 g/mol. The molecule has 0 spiro atoms. The van der Waals surface area contributed by atoms with Crippen LogP contribution in [0.15, 0.2) is 18.2 Å². The third-order valence-electron chi connectivity index (χ3n) is 3.14. The highest BCUT2D eigenvalue weighted by atomic mass is 35.5. The molecule has 0 aliphatic rings. The van der Waals surface area contributed by atoms with Crippen LogP contribution >= 0.6 is 11.6 Å².